The summed E-state index contributed by atoms with van der Waals surface area (Å²) < 4.78 is 1.42. The quantitative estimate of drug-likeness (QED) is 0.199. The average Bonchev–Trinajstić information content (AvgIpc) is 3.58. The van der Waals surface area contributed by atoms with Crippen molar-refractivity contribution in [2.24, 2.45) is 0 Å². The summed E-state index contributed by atoms with van der Waals surface area (Å²) in [7, 11) is 0. The van der Waals surface area contributed by atoms with E-state index in [1.807, 2.05) is 6.07 Å². The van der Waals surface area contributed by atoms with Crippen LogP contribution in [0.15, 0.2) is 121 Å². The van der Waals surface area contributed by atoms with Gasteiger partial charge in [0.05, 0.1) is 0 Å². The van der Waals surface area contributed by atoms with Gasteiger partial charge in [-0.05, 0) is 6.42 Å². The van der Waals surface area contributed by atoms with Gasteiger partial charge in [0.1, 0.15) is 0 Å². The Labute approximate surface area is 233 Å². The Balaban J connectivity index is 0.000000194. The molecule has 0 fully saturated rings. The minimum Gasteiger partial charge on any atom is -0.179 e. The van der Waals surface area contributed by atoms with Gasteiger partial charge in [0.25, 0.3) is 0 Å². The number of hydrogen-bond donors (Lipinski definition) is 0. The summed E-state index contributed by atoms with van der Waals surface area (Å²) in [6, 6.07) is 39.2. The molecular formula is C35H34Zr-4. The molecule has 0 radical (unpaired) electrons. The second kappa shape index (κ2) is 15.3. The molecule has 0 heterocycles. The van der Waals surface area contributed by atoms with Crippen molar-refractivity contribution in [1.82, 2.24) is 0 Å². The first-order valence-electron chi connectivity index (χ1n) is 11.8. The molecule has 0 amide bonds. The Morgan fingerprint density at radius 3 is 1.89 bits per heavy atom. The molecule has 0 saturated heterocycles. The molecule has 0 aliphatic heterocycles. The number of benzene rings is 4. The van der Waals surface area contributed by atoms with Crippen LogP contribution in [-0.4, -0.2) is 3.21 Å². The number of rotatable bonds is 3. The zero-order chi connectivity index (χ0) is 23.6. The molecule has 1 heteroatoms. The predicted octanol–water partition coefficient (Wildman–Crippen LogP) is 8.85. The fraction of sp³-hybridized carbons (Fsp3) is 0.114. The molecule has 0 aromatic heterocycles. The van der Waals surface area contributed by atoms with Gasteiger partial charge >= 0.3 is 99.2 Å². The van der Waals surface area contributed by atoms with Gasteiger partial charge in [-0.15, -0.1) is 12.0 Å². The first-order valence-corrected chi connectivity index (χ1v) is 13.0. The van der Waals surface area contributed by atoms with Crippen LogP contribution in [0.4, 0.5) is 0 Å². The van der Waals surface area contributed by atoms with Crippen LogP contribution in [0, 0.1) is 27.0 Å². The molecule has 0 unspecified atom stereocenters. The molecular weight excluding hydrogens is 512 g/mol. The fourth-order valence-corrected chi connectivity index (χ4v) is 4.88. The summed E-state index contributed by atoms with van der Waals surface area (Å²) in [5.41, 5.74) is 9.60. The van der Waals surface area contributed by atoms with Crippen molar-refractivity contribution in [2.45, 2.75) is 26.2 Å². The molecule has 4 aromatic rings. The van der Waals surface area contributed by atoms with Crippen LogP contribution in [0.2, 0.25) is 0 Å². The topological polar surface area (TPSA) is 0 Å². The van der Waals surface area contributed by atoms with Crippen molar-refractivity contribution < 1.29 is 24.2 Å². The molecule has 6 rings (SSSR count). The van der Waals surface area contributed by atoms with Gasteiger partial charge in [-0.25, -0.2) is 11.6 Å². The van der Waals surface area contributed by atoms with E-state index in [-0.39, 0.29) is 14.9 Å². The Hall–Kier alpha value is -2.89. The molecule has 2 aliphatic carbocycles. The van der Waals surface area contributed by atoms with Gasteiger partial charge in [0, 0.05) is 0 Å². The van der Waals surface area contributed by atoms with E-state index in [2.05, 4.69) is 128 Å². The van der Waals surface area contributed by atoms with Gasteiger partial charge < -0.3 is 14.9 Å². The molecule has 0 atom stereocenters. The standard InChI is InChI=1S/C13H9.C13H10.C7H9.2CH3.Zr/c1-3-7-12-10(5-1)9-11-6-2-4-8-13(11)12;1-3-7-12(8-4-1)11-13-9-5-2-6-10-13;1-2-7-5-3-4-6-7;;;/h1-5,7-8H,9H2;1-10H;5-6H,2-3H2,1H3;2*1H3;/q-1;;3*-1;. The first kappa shape index (κ1) is 29.3. The second-order valence-corrected chi connectivity index (χ2v) is 9.42. The van der Waals surface area contributed by atoms with Crippen LogP contribution in [0.3, 0.4) is 0 Å². The van der Waals surface area contributed by atoms with E-state index < -0.39 is 0 Å². The monoisotopic (exact) mass is 544 g/mol. The predicted molar refractivity (Wildman–Crippen MR) is 153 cm³/mol. The van der Waals surface area contributed by atoms with Gasteiger partial charge in [-0.1, -0.05) is 48.7 Å². The minimum absolute atomic E-state index is 0. The van der Waals surface area contributed by atoms with Crippen LogP contribution >= 0.6 is 0 Å². The van der Waals surface area contributed by atoms with Crippen LogP contribution in [-0.2, 0) is 30.7 Å². The van der Waals surface area contributed by atoms with E-state index in [0.717, 1.165) is 19.3 Å². The van der Waals surface area contributed by atoms with Crippen LogP contribution < -0.4 is 0 Å². The summed E-state index contributed by atoms with van der Waals surface area (Å²) in [5.74, 6) is 0. The van der Waals surface area contributed by atoms with E-state index in [1.54, 1.807) is 0 Å². The molecule has 0 N–H and O–H groups in total. The minimum atomic E-state index is 0. The maximum atomic E-state index is 3.30. The van der Waals surface area contributed by atoms with Crippen LogP contribution in [0.5, 0.6) is 0 Å². The fourth-order valence-electron chi connectivity index (χ4n) is 4.06. The van der Waals surface area contributed by atoms with Crippen LogP contribution in [0.25, 0.3) is 11.1 Å². The van der Waals surface area contributed by atoms with E-state index in [4.69, 9.17) is 0 Å². The Bertz CT molecular complexity index is 1200. The summed E-state index contributed by atoms with van der Waals surface area (Å²) in [6.07, 6.45) is 10.6. The summed E-state index contributed by atoms with van der Waals surface area (Å²) >= 11 is 1.46. The summed E-state index contributed by atoms with van der Waals surface area (Å²) in [5, 5.41) is 0. The van der Waals surface area contributed by atoms with Crippen molar-refractivity contribution in [1.29, 1.82) is 0 Å². The average molecular weight is 546 g/mol. The molecule has 0 spiro atoms. The SMILES string of the molecule is CCC1=CC[C-]=C1.[CH3-].[CH3-].[Zr]=[C](c1ccccc1)c1ccccc1.[c-]1cccc2c1Cc1ccccc1-2. The normalized spacial score (nSPS) is 11.6. The van der Waals surface area contributed by atoms with Crippen molar-refractivity contribution in [2.75, 3.05) is 0 Å². The third-order valence-corrected chi connectivity index (χ3v) is 7.34. The summed E-state index contributed by atoms with van der Waals surface area (Å²) in [6.45, 7) is 2.16. The number of allylic oxidation sites excluding steroid dienone is 4. The molecule has 36 heavy (non-hydrogen) atoms. The van der Waals surface area contributed by atoms with E-state index >= 15 is 0 Å². The van der Waals surface area contributed by atoms with Gasteiger partial charge in [-0.3, -0.25) is 6.08 Å². The number of hydrogen-bond acceptors (Lipinski definition) is 0. The van der Waals surface area contributed by atoms with Crippen LogP contribution in [0.1, 0.15) is 42.0 Å². The second-order valence-electron chi connectivity index (χ2n) is 8.19. The molecule has 182 valence electrons. The maximum absolute atomic E-state index is 3.30. The summed E-state index contributed by atoms with van der Waals surface area (Å²) in [4.78, 5) is 0. The van der Waals surface area contributed by atoms with Crippen molar-refractivity contribution in [3.05, 3.63) is 170 Å². The largest absolute Gasteiger partial charge is 0.179 e. The molecule has 0 bridgehead atoms. The van der Waals surface area contributed by atoms with Crippen molar-refractivity contribution in [3.63, 3.8) is 0 Å². The molecule has 0 saturated carbocycles. The van der Waals surface area contributed by atoms with E-state index in [1.165, 1.54) is 66.4 Å². The maximum Gasteiger partial charge on any atom is -0.0253 e. The van der Waals surface area contributed by atoms with Crippen molar-refractivity contribution >= 4 is 3.21 Å². The van der Waals surface area contributed by atoms with Gasteiger partial charge in [0.15, 0.2) is 0 Å². The van der Waals surface area contributed by atoms with E-state index in [0.29, 0.717) is 0 Å². The third kappa shape index (κ3) is 7.81. The molecule has 2 aliphatic rings. The third-order valence-electron chi connectivity index (χ3n) is 5.92. The molecule has 4 aromatic carbocycles. The zero-order valence-corrected chi connectivity index (χ0v) is 24.0. The van der Waals surface area contributed by atoms with Gasteiger partial charge in [-0.2, -0.15) is 35.9 Å². The molecule has 0 nitrogen and oxygen atoms in total. The smallest absolute Gasteiger partial charge is 0.0253 e. The van der Waals surface area contributed by atoms with Crippen molar-refractivity contribution in [3.8, 4) is 11.1 Å². The Morgan fingerprint density at radius 2 is 1.33 bits per heavy atom. The Kier molecular flexibility index (Phi) is 12.5. The zero-order valence-electron chi connectivity index (χ0n) is 21.6. The first-order chi connectivity index (χ1) is 16.8. The number of fused-ring (bicyclic) bond motifs is 3. The van der Waals surface area contributed by atoms with E-state index in [9.17, 15) is 0 Å². The Morgan fingerprint density at radius 1 is 0.750 bits per heavy atom. The van der Waals surface area contributed by atoms with Gasteiger partial charge in [0.2, 0.25) is 0 Å².